The number of fused-ring (bicyclic) bond motifs is 1. The van der Waals surface area contributed by atoms with Crippen molar-refractivity contribution in [3.63, 3.8) is 0 Å². The molecule has 0 bridgehead atoms. The molecule has 1 aliphatic rings. The second kappa shape index (κ2) is 8.96. The lowest BCUT2D eigenvalue weighted by atomic mass is 10.1. The SMILES string of the molecule is CC(=O)OC(C)(C)C(=O)N1CCN(Cc2ccc(-c3cc4nccc(C)c4s3)nc2)CC1. The molecule has 1 saturated heterocycles. The highest BCUT2D eigenvalue weighted by Gasteiger charge is 2.36. The van der Waals surface area contributed by atoms with Crippen molar-refractivity contribution in [2.75, 3.05) is 26.2 Å². The third-order valence-electron chi connectivity index (χ3n) is 5.67. The molecule has 1 fully saturated rings. The molecule has 0 atom stereocenters. The average molecular weight is 453 g/mol. The number of aromatic nitrogens is 2. The first-order valence-corrected chi connectivity index (χ1v) is 11.6. The van der Waals surface area contributed by atoms with E-state index in [1.807, 2.05) is 18.5 Å². The van der Waals surface area contributed by atoms with Gasteiger partial charge in [-0.15, -0.1) is 11.3 Å². The first-order chi connectivity index (χ1) is 15.2. The van der Waals surface area contributed by atoms with Gasteiger partial charge in [0.15, 0.2) is 5.60 Å². The Balaban J connectivity index is 1.35. The zero-order valence-corrected chi connectivity index (χ0v) is 19.7. The molecular weight excluding hydrogens is 424 g/mol. The fourth-order valence-corrected chi connectivity index (χ4v) is 5.07. The molecule has 0 saturated carbocycles. The molecule has 7 nitrogen and oxygen atoms in total. The predicted molar refractivity (Wildman–Crippen MR) is 125 cm³/mol. The van der Waals surface area contributed by atoms with Crippen molar-refractivity contribution in [1.29, 1.82) is 0 Å². The summed E-state index contributed by atoms with van der Waals surface area (Å²) >= 11 is 1.72. The van der Waals surface area contributed by atoms with Crippen molar-refractivity contribution in [1.82, 2.24) is 19.8 Å². The number of ether oxygens (including phenoxy) is 1. The van der Waals surface area contributed by atoms with Crippen LogP contribution in [0.25, 0.3) is 20.8 Å². The Morgan fingerprint density at radius 3 is 2.50 bits per heavy atom. The minimum atomic E-state index is -1.13. The van der Waals surface area contributed by atoms with Crippen LogP contribution in [0.2, 0.25) is 0 Å². The first kappa shape index (κ1) is 22.4. The Morgan fingerprint density at radius 1 is 1.12 bits per heavy atom. The summed E-state index contributed by atoms with van der Waals surface area (Å²) < 4.78 is 6.40. The fraction of sp³-hybridized carbons (Fsp3) is 0.417. The van der Waals surface area contributed by atoms with Crippen LogP contribution >= 0.6 is 11.3 Å². The molecule has 32 heavy (non-hydrogen) atoms. The van der Waals surface area contributed by atoms with E-state index >= 15 is 0 Å². The molecule has 8 heteroatoms. The highest BCUT2D eigenvalue weighted by molar-refractivity contribution is 7.22. The number of thiophene rings is 1. The second-order valence-corrected chi connectivity index (χ2v) is 9.73. The van der Waals surface area contributed by atoms with Crippen LogP contribution in [0.1, 0.15) is 31.9 Å². The summed E-state index contributed by atoms with van der Waals surface area (Å²) in [5, 5.41) is 0. The number of pyridine rings is 2. The number of hydrogen-bond donors (Lipinski definition) is 0. The Bertz CT molecular complexity index is 1130. The van der Waals surface area contributed by atoms with Crippen molar-refractivity contribution in [3.05, 3.63) is 47.8 Å². The third-order valence-corrected chi connectivity index (χ3v) is 6.95. The highest BCUT2D eigenvalue weighted by atomic mass is 32.1. The normalized spacial score (nSPS) is 15.2. The minimum Gasteiger partial charge on any atom is -0.450 e. The standard InChI is InChI=1S/C24H28N4O3S/c1-16-7-8-25-20-13-21(32-22(16)20)19-6-5-18(14-26-19)15-27-9-11-28(12-10-27)23(30)24(3,4)31-17(2)29/h5-8,13-14H,9-12,15H2,1-4H3. The summed E-state index contributed by atoms with van der Waals surface area (Å²) in [5.74, 6) is -0.591. The first-order valence-electron chi connectivity index (χ1n) is 10.7. The Hall–Kier alpha value is -2.84. The molecule has 0 N–H and O–H groups in total. The van der Waals surface area contributed by atoms with E-state index in [1.54, 1.807) is 30.1 Å². The zero-order chi connectivity index (χ0) is 22.9. The Labute approximate surface area is 192 Å². The lowest BCUT2D eigenvalue weighted by Crippen LogP contribution is -2.54. The number of aryl methyl sites for hydroxylation is 1. The van der Waals surface area contributed by atoms with Crippen molar-refractivity contribution >= 4 is 33.4 Å². The molecule has 4 heterocycles. The number of esters is 1. The summed E-state index contributed by atoms with van der Waals surface area (Å²) in [7, 11) is 0. The van der Waals surface area contributed by atoms with Gasteiger partial charge in [0.25, 0.3) is 5.91 Å². The topological polar surface area (TPSA) is 75.6 Å². The van der Waals surface area contributed by atoms with Gasteiger partial charge in [0.1, 0.15) is 0 Å². The highest BCUT2D eigenvalue weighted by Crippen LogP contribution is 2.33. The van der Waals surface area contributed by atoms with Crippen LogP contribution in [0.15, 0.2) is 36.7 Å². The van der Waals surface area contributed by atoms with Gasteiger partial charge in [0, 0.05) is 52.0 Å². The molecule has 0 unspecified atom stereocenters. The Morgan fingerprint density at radius 2 is 1.88 bits per heavy atom. The quantitative estimate of drug-likeness (QED) is 0.550. The summed E-state index contributed by atoms with van der Waals surface area (Å²) in [5.41, 5.74) is 3.22. The molecule has 0 aliphatic carbocycles. The lowest BCUT2D eigenvalue weighted by Gasteiger charge is -2.38. The summed E-state index contributed by atoms with van der Waals surface area (Å²) in [6, 6.07) is 8.32. The van der Waals surface area contributed by atoms with Crippen LogP contribution in [0, 0.1) is 6.92 Å². The molecule has 168 valence electrons. The van der Waals surface area contributed by atoms with Crippen LogP contribution < -0.4 is 0 Å². The monoisotopic (exact) mass is 452 g/mol. The van der Waals surface area contributed by atoms with Gasteiger partial charge in [0.05, 0.1) is 20.8 Å². The van der Waals surface area contributed by atoms with E-state index in [4.69, 9.17) is 4.74 Å². The lowest BCUT2D eigenvalue weighted by molar-refractivity contribution is -0.169. The van der Waals surface area contributed by atoms with Crippen LogP contribution in [0.5, 0.6) is 0 Å². The van der Waals surface area contributed by atoms with E-state index in [-0.39, 0.29) is 5.91 Å². The van der Waals surface area contributed by atoms with E-state index in [9.17, 15) is 9.59 Å². The second-order valence-electron chi connectivity index (χ2n) is 8.68. The van der Waals surface area contributed by atoms with Crippen molar-refractivity contribution in [3.8, 4) is 10.6 Å². The molecule has 0 aromatic carbocycles. The van der Waals surface area contributed by atoms with Gasteiger partial charge in [-0.25, -0.2) is 0 Å². The maximum atomic E-state index is 12.7. The number of carbonyl (C=O) groups is 2. The maximum absolute atomic E-state index is 12.7. The largest absolute Gasteiger partial charge is 0.450 e. The van der Waals surface area contributed by atoms with Gasteiger partial charge in [0.2, 0.25) is 0 Å². The molecule has 1 aliphatic heterocycles. The fourth-order valence-electron chi connectivity index (χ4n) is 4.01. The van der Waals surface area contributed by atoms with Crippen molar-refractivity contribution in [2.24, 2.45) is 0 Å². The van der Waals surface area contributed by atoms with Gasteiger partial charge in [-0.1, -0.05) is 6.07 Å². The maximum Gasteiger partial charge on any atom is 0.303 e. The van der Waals surface area contributed by atoms with Crippen molar-refractivity contribution in [2.45, 2.75) is 39.8 Å². The van der Waals surface area contributed by atoms with E-state index in [2.05, 4.69) is 40.0 Å². The smallest absolute Gasteiger partial charge is 0.303 e. The number of piperazine rings is 1. The van der Waals surface area contributed by atoms with E-state index in [1.165, 1.54) is 17.2 Å². The van der Waals surface area contributed by atoms with E-state index in [0.29, 0.717) is 13.1 Å². The minimum absolute atomic E-state index is 0.147. The van der Waals surface area contributed by atoms with Crippen LogP contribution in [0.3, 0.4) is 0 Å². The third kappa shape index (κ3) is 4.81. The zero-order valence-electron chi connectivity index (χ0n) is 18.9. The van der Waals surface area contributed by atoms with Gasteiger partial charge < -0.3 is 9.64 Å². The van der Waals surface area contributed by atoms with Gasteiger partial charge in [-0.3, -0.25) is 24.5 Å². The van der Waals surface area contributed by atoms with Gasteiger partial charge in [-0.2, -0.15) is 0 Å². The predicted octanol–water partition coefficient (Wildman–Crippen LogP) is 3.65. The molecule has 0 radical (unpaired) electrons. The number of carbonyl (C=O) groups excluding carboxylic acids is 2. The summed E-state index contributed by atoms with van der Waals surface area (Å²) in [6.45, 7) is 10.3. The van der Waals surface area contributed by atoms with Gasteiger partial charge in [-0.05, 0) is 50.1 Å². The number of rotatable bonds is 5. The van der Waals surface area contributed by atoms with E-state index < -0.39 is 11.6 Å². The van der Waals surface area contributed by atoms with Crippen LogP contribution in [0.4, 0.5) is 0 Å². The van der Waals surface area contributed by atoms with Crippen LogP contribution in [-0.2, 0) is 20.9 Å². The molecule has 4 rings (SSSR count). The van der Waals surface area contributed by atoms with Gasteiger partial charge >= 0.3 is 5.97 Å². The molecule has 0 spiro atoms. The molecular formula is C24H28N4O3S. The molecule has 1 amide bonds. The average Bonchev–Trinajstić information content (AvgIpc) is 3.19. The summed E-state index contributed by atoms with van der Waals surface area (Å²) in [6.07, 6.45) is 3.77. The number of nitrogens with zero attached hydrogens (tertiary/aromatic N) is 4. The molecule has 3 aromatic heterocycles. The molecule has 3 aromatic rings. The summed E-state index contributed by atoms with van der Waals surface area (Å²) in [4.78, 5) is 38.3. The number of amides is 1. The van der Waals surface area contributed by atoms with Crippen molar-refractivity contribution < 1.29 is 14.3 Å². The Kier molecular flexibility index (Phi) is 6.26. The van der Waals surface area contributed by atoms with E-state index in [0.717, 1.165) is 41.3 Å². The van der Waals surface area contributed by atoms with Crippen LogP contribution in [-0.4, -0.2) is 63.4 Å². The number of hydrogen-bond acceptors (Lipinski definition) is 7.